The van der Waals surface area contributed by atoms with Gasteiger partial charge in [-0.05, 0) is 49.1 Å². The first-order chi connectivity index (χ1) is 13.7. The van der Waals surface area contributed by atoms with Crippen LogP contribution in [0.3, 0.4) is 0 Å². The van der Waals surface area contributed by atoms with E-state index in [1.807, 2.05) is 30.3 Å². The summed E-state index contributed by atoms with van der Waals surface area (Å²) in [7, 11) is 0. The zero-order chi connectivity index (χ0) is 19.1. The van der Waals surface area contributed by atoms with Crippen molar-refractivity contribution in [2.45, 2.75) is 19.3 Å². The van der Waals surface area contributed by atoms with Crippen molar-refractivity contribution in [1.82, 2.24) is 9.97 Å². The molecule has 0 atom stereocenters. The second kappa shape index (κ2) is 6.53. The lowest BCUT2D eigenvalue weighted by Crippen LogP contribution is -2.20. The van der Waals surface area contributed by atoms with Gasteiger partial charge in [0.05, 0.1) is 11.0 Å². The molecule has 2 N–H and O–H groups in total. The first-order valence-corrected chi connectivity index (χ1v) is 9.13. The molecule has 0 fully saturated rings. The molecule has 0 radical (unpaired) electrons. The Morgan fingerprint density at radius 2 is 2.04 bits per heavy atom. The van der Waals surface area contributed by atoms with E-state index in [2.05, 4.69) is 15.3 Å². The number of H-pyrrole nitrogens is 1. The Hall–Kier alpha value is -3.61. The average molecular weight is 375 g/mol. The number of fused-ring (bicyclic) bond motifs is 4. The fourth-order valence-electron chi connectivity index (χ4n) is 3.68. The fourth-order valence-corrected chi connectivity index (χ4v) is 3.68. The Morgan fingerprint density at radius 1 is 1.18 bits per heavy atom. The Bertz CT molecular complexity index is 1240. The van der Waals surface area contributed by atoms with Crippen LogP contribution in [0, 0.1) is 0 Å². The summed E-state index contributed by atoms with van der Waals surface area (Å²) in [6.07, 6.45) is 2.63. The number of hydrogen-bond donors (Lipinski definition) is 2. The number of ether oxygens (including phenoxy) is 1. The first-order valence-electron chi connectivity index (χ1n) is 9.13. The molecule has 2 aromatic carbocycles. The highest BCUT2D eigenvalue weighted by Gasteiger charge is 2.19. The SMILES string of the molecule is O=C(COc1ccc2c3c(c(=O)oc2c1)CCC3)Nc1nc2ccccc2[nH]1. The molecule has 0 saturated carbocycles. The molecule has 0 spiro atoms. The number of benzene rings is 2. The van der Waals surface area contributed by atoms with Gasteiger partial charge in [0.2, 0.25) is 5.95 Å². The smallest absolute Gasteiger partial charge is 0.339 e. The number of aromatic nitrogens is 2. The van der Waals surface area contributed by atoms with Crippen molar-refractivity contribution in [2.24, 2.45) is 0 Å². The molecule has 0 aliphatic heterocycles. The number of aryl methyl sites for hydroxylation is 1. The van der Waals surface area contributed by atoms with Crippen molar-refractivity contribution in [3.8, 4) is 5.75 Å². The third-order valence-electron chi connectivity index (χ3n) is 4.96. The molecule has 1 aliphatic rings. The maximum absolute atomic E-state index is 12.2. The number of amides is 1. The van der Waals surface area contributed by atoms with Crippen LogP contribution in [0.5, 0.6) is 5.75 Å². The number of hydrogen-bond acceptors (Lipinski definition) is 5. The van der Waals surface area contributed by atoms with Crippen molar-refractivity contribution in [1.29, 1.82) is 0 Å². The minimum Gasteiger partial charge on any atom is -0.484 e. The van der Waals surface area contributed by atoms with Crippen LogP contribution in [0.2, 0.25) is 0 Å². The molecule has 5 rings (SSSR count). The van der Waals surface area contributed by atoms with E-state index in [0.717, 1.165) is 46.8 Å². The van der Waals surface area contributed by atoms with Gasteiger partial charge in [0.15, 0.2) is 6.61 Å². The highest BCUT2D eigenvalue weighted by molar-refractivity contribution is 5.92. The molecule has 1 amide bonds. The topological polar surface area (TPSA) is 97.2 Å². The minimum absolute atomic E-state index is 0.183. The van der Waals surface area contributed by atoms with Gasteiger partial charge in [-0.25, -0.2) is 9.78 Å². The number of aromatic amines is 1. The second-order valence-electron chi connectivity index (χ2n) is 6.80. The van der Waals surface area contributed by atoms with E-state index in [1.165, 1.54) is 0 Å². The lowest BCUT2D eigenvalue weighted by Gasteiger charge is -2.08. The predicted octanol–water partition coefficient (Wildman–Crippen LogP) is 3.18. The van der Waals surface area contributed by atoms with Gasteiger partial charge in [-0.3, -0.25) is 10.1 Å². The highest BCUT2D eigenvalue weighted by Crippen LogP contribution is 2.29. The van der Waals surface area contributed by atoms with Gasteiger partial charge < -0.3 is 14.1 Å². The molecule has 0 bridgehead atoms. The van der Waals surface area contributed by atoms with Gasteiger partial charge in [-0.15, -0.1) is 0 Å². The standard InChI is InChI=1S/C21H17N3O4/c25-19(24-21-22-16-6-1-2-7-17(16)23-21)11-27-12-8-9-14-13-4-3-5-15(13)20(26)28-18(14)10-12/h1-2,6-10H,3-5,11H2,(H2,22,23,24,25). The molecule has 28 heavy (non-hydrogen) atoms. The largest absolute Gasteiger partial charge is 0.484 e. The maximum atomic E-state index is 12.2. The number of rotatable bonds is 4. The summed E-state index contributed by atoms with van der Waals surface area (Å²) in [6.45, 7) is -0.183. The third-order valence-corrected chi connectivity index (χ3v) is 4.96. The summed E-state index contributed by atoms with van der Waals surface area (Å²) in [6, 6.07) is 12.8. The zero-order valence-electron chi connectivity index (χ0n) is 15.0. The van der Waals surface area contributed by atoms with E-state index in [0.29, 0.717) is 17.3 Å². The monoisotopic (exact) mass is 375 g/mol. The Kier molecular flexibility index (Phi) is 3.86. The molecule has 0 unspecified atom stereocenters. The molecule has 7 nitrogen and oxygen atoms in total. The molecule has 0 saturated heterocycles. The lowest BCUT2D eigenvalue weighted by atomic mass is 10.1. The van der Waals surface area contributed by atoms with Gasteiger partial charge in [-0.1, -0.05) is 12.1 Å². The summed E-state index contributed by atoms with van der Waals surface area (Å²) in [4.78, 5) is 31.6. The predicted molar refractivity (Wildman–Crippen MR) is 105 cm³/mol. The molecule has 7 heteroatoms. The molecule has 2 aromatic heterocycles. The van der Waals surface area contributed by atoms with Crippen molar-refractivity contribution in [3.05, 3.63) is 64.0 Å². The van der Waals surface area contributed by atoms with Crippen molar-refractivity contribution < 1.29 is 13.9 Å². The molecular formula is C21H17N3O4. The zero-order valence-corrected chi connectivity index (χ0v) is 15.0. The quantitative estimate of drug-likeness (QED) is 0.534. The number of anilines is 1. The van der Waals surface area contributed by atoms with Gasteiger partial charge >= 0.3 is 5.63 Å². The minimum atomic E-state index is -0.338. The Labute approximate surface area is 159 Å². The number of carbonyl (C=O) groups is 1. The van der Waals surface area contributed by atoms with Gasteiger partial charge in [-0.2, -0.15) is 0 Å². The molecule has 140 valence electrons. The van der Waals surface area contributed by atoms with Gasteiger partial charge in [0, 0.05) is 17.0 Å². The third kappa shape index (κ3) is 2.90. The van der Waals surface area contributed by atoms with Crippen LogP contribution in [-0.2, 0) is 17.6 Å². The summed E-state index contributed by atoms with van der Waals surface area (Å²) in [5, 5.41) is 3.61. The van der Waals surface area contributed by atoms with Crippen molar-refractivity contribution in [2.75, 3.05) is 11.9 Å². The fraction of sp³-hybridized carbons (Fsp3) is 0.190. The first kappa shape index (κ1) is 16.6. The van der Waals surface area contributed by atoms with E-state index in [9.17, 15) is 9.59 Å². The summed E-state index contributed by atoms with van der Waals surface area (Å²) >= 11 is 0. The summed E-state index contributed by atoms with van der Waals surface area (Å²) < 4.78 is 11.0. The molecule has 4 aromatic rings. The molecule has 1 aliphatic carbocycles. The van der Waals surface area contributed by atoms with E-state index in [-0.39, 0.29) is 18.1 Å². The van der Waals surface area contributed by atoms with Gasteiger partial charge in [0.1, 0.15) is 11.3 Å². The van der Waals surface area contributed by atoms with E-state index < -0.39 is 0 Å². The van der Waals surface area contributed by atoms with E-state index in [1.54, 1.807) is 12.1 Å². The summed E-state index contributed by atoms with van der Waals surface area (Å²) in [5.41, 5.74) is 3.68. The number of nitrogens with one attached hydrogen (secondary N) is 2. The van der Waals surface area contributed by atoms with E-state index in [4.69, 9.17) is 9.15 Å². The van der Waals surface area contributed by atoms with Crippen LogP contribution in [0.4, 0.5) is 5.95 Å². The van der Waals surface area contributed by atoms with Crippen molar-refractivity contribution >= 4 is 33.9 Å². The average Bonchev–Trinajstić information content (AvgIpc) is 3.33. The molecular weight excluding hydrogens is 358 g/mol. The maximum Gasteiger partial charge on any atom is 0.339 e. The number of imidazole rings is 1. The normalized spacial score (nSPS) is 13.0. The van der Waals surface area contributed by atoms with Crippen molar-refractivity contribution in [3.63, 3.8) is 0 Å². The van der Waals surface area contributed by atoms with Crippen LogP contribution in [-0.4, -0.2) is 22.5 Å². The molecule has 2 heterocycles. The number of nitrogens with zero attached hydrogens (tertiary/aromatic N) is 1. The van der Waals surface area contributed by atoms with Gasteiger partial charge in [0.25, 0.3) is 5.91 Å². The van der Waals surface area contributed by atoms with Crippen LogP contribution >= 0.6 is 0 Å². The van der Waals surface area contributed by atoms with Crippen LogP contribution in [0.25, 0.3) is 22.0 Å². The summed E-state index contributed by atoms with van der Waals surface area (Å²) in [5.74, 6) is 0.498. The lowest BCUT2D eigenvalue weighted by molar-refractivity contribution is -0.118. The number of carbonyl (C=O) groups excluding carboxylic acids is 1. The van der Waals surface area contributed by atoms with Crippen LogP contribution in [0.1, 0.15) is 17.5 Å². The number of para-hydroxylation sites is 2. The Morgan fingerprint density at radius 3 is 2.93 bits per heavy atom. The highest BCUT2D eigenvalue weighted by atomic mass is 16.5. The van der Waals surface area contributed by atoms with E-state index >= 15 is 0 Å². The second-order valence-corrected chi connectivity index (χ2v) is 6.80. The van der Waals surface area contributed by atoms with Crippen LogP contribution in [0.15, 0.2) is 51.7 Å². The van der Waals surface area contributed by atoms with Crippen LogP contribution < -0.4 is 15.7 Å². The Balaban J connectivity index is 1.30.